The number of carbonyl (C=O) groups is 1. The number of urea groups is 1. The summed E-state index contributed by atoms with van der Waals surface area (Å²) < 4.78 is 10.6. The van der Waals surface area contributed by atoms with E-state index < -0.39 is 0 Å². The molecule has 0 spiro atoms. The Hall–Kier alpha value is -3.85. The third-order valence-electron chi connectivity index (χ3n) is 4.90. The average molecular weight is 435 g/mol. The second-order valence-electron chi connectivity index (χ2n) is 7.27. The van der Waals surface area contributed by atoms with Crippen LogP contribution >= 0.6 is 0 Å². The van der Waals surface area contributed by atoms with Crippen LogP contribution in [0, 0.1) is 6.92 Å². The van der Waals surface area contributed by atoms with E-state index in [1.54, 1.807) is 19.2 Å². The number of rotatable bonds is 6. The van der Waals surface area contributed by atoms with Crippen molar-refractivity contribution in [2.45, 2.75) is 6.92 Å². The molecule has 0 bridgehead atoms. The Labute approximate surface area is 186 Å². The van der Waals surface area contributed by atoms with Crippen molar-refractivity contribution in [2.24, 2.45) is 0 Å². The van der Waals surface area contributed by atoms with Crippen LogP contribution in [0.5, 0.6) is 5.75 Å². The normalized spacial score (nSPS) is 13.4. The fourth-order valence-electron chi connectivity index (χ4n) is 3.35. The number of ether oxygens (including phenoxy) is 2. The predicted molar refractivity (Wildman–Crippen MR) is 125 cm³/mol. The number of carbonyl (C=O) groups excluding carboxylic acids is 1. The Bertz CT molecular complexity index is 1070. The second-order valence-corrected chi connectivity index (χ2v) is 7.27. The minimum Gasteiger partial charge on any atom is -0.497 e. The predicted octanol–water partition coefficient (Wildman–Crippen LogP) is 4.02. The minimum absolute atomic E-state index is 0.333. The monoisotopic (exact) mass is 434 g/mol. The highest BCUT2D eigenvalue weighted by atomic mass is 16.5. The van der Waals surface area contributed by atoms with E-state index in [1.807, 2.05) is 49.4 Å². The molecule has 1 aromatic heterocycles. The zero-order chi connectivity index (χ0) is 22.3. The molecule has 166 valence electrons. The number of morpholine rings is 1. The first-order valence-electron chi connectivity index (χ1n) is 10.4. The van der Waals surface area contributed by atoms with Crippen molar-refractivity contribution >= 4 is 34.7 Å². The number of nitrogens with zero attached hydrogens (tertiary/aromatic N) is 3. The molecule has 3 N–H and O–H groups in total. The lowest BCUT2D eigenvalue weighted by molar-refractivity contribution is 0.122. The molecule has 3 aromatic rings. The van der Waals surface area contributed by atoms with Crippen LogP contribution in [0.4, 0.5) is 33.5 Å². The van der Waals surface area contributed by atoms with Crippen molar-refractivity contribution in [3.8, 4) is 5.75 Å². The van der Waals surface area contributed by atoms with Crippen molar-refractivity contribution in [1.29, 1.82) is 0 Å². The Morgan fingerprint density at radius 3 is 2.44 bits per heavy atom. The molecule has 0 aliphatic carbocycles. The van der Waals surface area contributed by atoms with Gasteiger partial charge in [-0.15, -0.1) is 0 Å². The molecule has 4 rings (SSSR count). The van der Waals surface area contributed by atoms with Gasteiger partial charge in [0.2, 0.25) is 0 Å². The molecule has 0 saturated carbocycles. The van der Waals surface area contributed by atoms with Gasteiger partial charge >= 0.3 is 6.03 Å². The fraction of sp³-hybridized carbons (Fsp3) is 0.261. The van der Waals surface area contributed by atoms with E-state index in [-0.39, 0.29) is 6.03 Å². The summed E-state index contributed by atoms with van der Waals surface area (Å²) in [5, 5.41) is 8.91. The van der Waals surface area contributed by atoms with Crippen LogP contribution in [0.2, 0.25) is 0 Å². The van der Waals surface area contributed by atoms with Gasteiger partial charge in [-0.25, -0.2) is 14.8 Å². The highest BCUT2D eigenvalue weighted by Gasteiger charge is 2.14. The van der Waals surface area contributed by atoms with Gasteiger partial charge < -0.3 is 30.3 Å². The van der Waals surface area contributed by atoms with Crippen LogP contribution in [0.25, 0.3) is 0 Å². The van der Waals surface area contributed by atoms with Gasteiger partial charge in [0.25, 0.3) is 0 Å². The second kappa shape index (κ2) is 9.97. The molecule has 32 heavy (non-hydrogen) atoms. The molecular formula is C23H26N6O3. The van der Waals surface area contributed by atoms with Crippen LogP contribution < -0.4 is 25.6 Å². The first-order chi connectivity index (χ1) is 15.6. The number of hydrogen-bond donors (Lipinski definition) is 3. The van der Waals surface area contributed by atoms with E-state index in [9.17, 15) is 4.79 Å². The lowest BCUT2D eigenvalue weighted by Gasteiger charge is -2.28. The summed E-state index contributed by atoms with van der Waals surface area (Å²) in [6, 6.07) is 16.2. The van der Waals surface area contributed by atoms with Crippen LogP contribution in [0.1, 0.15) is 5.82 Å². The quantitative estimate of drug-likeness (QED) is 0.539. The number of aromatic nitrogens is 2. The van der Waals surface area contributed by atoms with Gasteiger partial charge in [-0.1, -0.05) is 6.07 Å². The summed E-state index contributed by atoms with van der Waals surface area (Å²) in [6.07, 6.45) is 0. The zero-order valence-electron chi connectivity index (χ0n) is 18.1. The van der Waals surface area contributed by atoms with Crippen LogP contribution in [0.15, 0.2) is 54.6 Å². The van der Waals surface area contributed by atoms with Gasteiger partial charge in [0.1, 0.15) is 23.2 Å². The van der Waals surface area contributed by atoms with Gasteiger partial charge in [-0.3, -0.25) is 0 Å². The van der Waals surface area contributed by atoms with Crippen molar-refractivity contribution in [1.82, 2.24) is 9.97 Å². The maximum Gasteiger partial charge on any atom is 0.323 e. The van der Waals surface area contributed by atoms with Gasteiger partial charge in [-0.2, -0.15) is 0 Å². The molecule has 2 heterocycles. The minimum atomic E-state index is -0.333. The smallest absolute Gasteiger partial charge is 0.323 e. The molecular weight excluding hydrogens is 408 g/mol. The van der Waals surface area contributed by atoms with Gasteiger partial charge in [0.05, 0.1) is 20.3 Å². The highest BCUT2D eigenvalue weighted by Crippen LogP contribution is 2.22. The van der Waals surface area contributed by atoms with E-state index in [4.69, 9.17) is 9.47 Å². The summed E-state index contributed by atoms with van der Waals surface area (Å²) in [5.74, 6) is 2.98. The highest BCUT2D eigenvalue weighted by molar-refractivity contribution is 5.99. The Morgan fingerprint density at radius 1 is 0.969 bits per heavy atom. The number of aryl methyl sites for hydroxylation is 1. The summed E-state index contributed by atoms with van der Waals surface area (Å²) in [4.78, 5) is 23.5. The van der Waals surface area contributed by atoms with Crippen molar-refractivity contribution in [2.75, 3.05) is 54.3 Å². The molecule has 0 radical (unpaired) electrons. The molecule has 9 nitrogen and oxygen atoms in total. The third kappa shape index (κ3) is 5.64. The summed E-state index contributed by atoms with van der Waals surface area (Å²) >= 11 is 0. The maximum absolute atomic E-state index is 12.3. The average Bonchev–Trinajstić information content (AvgIpc) is 2.80. The molecule has 2 aromatic carbocycles. The topological polar surface area (TPSA) is 101 Å². The molecule has 1 saturated heterocycles. The van der Waals surface area contributed by atoms with Crippen molar-refractivity contribution < 1.29 is 14.3 Å². The van der Waals surface area contributed by atoms with E-state index in [2.05, 4.69) is 30.8 Å². The summed E-state index contributed by atoms with van der Waals surface area (Å²) in [7, 11) is 1.58. The Kier molecular flexibility index (Phi) is 6.66. The molecule has 1 fully saturated rings. The Balaban J connectivity index is 1.37. The lowest BCUT2D eigenvalue weighted by Crippen LogP contribution is -2.36. The third-order valence-corrected chi connectivity index (χ3v) is 4.90. The number of nitrogens with one attached hydrogen (secondary N) is 3. The zero-order valence-corrected chi connectivity index (χ0v) is 18.1. The molecule has 2 amide bonds. The van der Waals surface area contributed by atoms with Crippen LogP contribution in [-0.4, -0.2) is 49.4 Å². The van der Waals surface area contributed by atoms with Crippen LogP contribution in [0.3, 0.4) is 0 Å². The van der Waals surface area contributed by atoms with Crippen molar-refractivity contribution in [3.63, 3.8) is 0 Å². The summed E-state index contributed by atoms with van der Waals surface area (Å²) in [5.41, 5.74) is 2.17. The van der Waals surface area contributed by atoms with E-state index in [1.165, 1.54) is 0 Å². The summed E-state index contributed by atoms with van der Waals surface area (Å²) in [6.45, 7) is 4.91. The van der Waals surface area contributed by atoms with Gasteiger partial charge in [0, 0.05) is 42.3 Å². The number of methoxy groups -OCH3 is 1. The first-order valence-corrected chi connectivity index (χ1v) is 10.4. The molecule has 0 atom stereocenters. The fourth-order valence-corrected chi connectivity index (χ4v) is 3.35. The van der Waals surface area contributed by atoms with E-state index in [0.717, 1.165) is 30.4 Å². The van der Waals surface area contributed by atoms with Gasteiger partial charge in [0.15, 0.2) is 0 Å². The molecule has 1 aliphatic heterocycles. The molecule has 0 unspecified atom stereocenters. The first kappa shape index (κ1) is 21.4. The Morgan fingerprint density at radius 2 is 1.69 bits per heavy atom. The molecule has 1 aliphatic rings. The van der Waals surface area contributed by atoms with E-state index in [0.29, 0.717) is 36.2 Å². The van der Waals surface area contributed by atoms with Crippen molar-refractivity contribution in [3.05, 3.63) is 60.4 Å². The number of hydrogen-bond acceptors (Lipinski definition) is 7. The number of amides is 2. The van der Waals surface area contributed by atoms with E-state index >= 15 is 0 Å². The number of benzene rings is 2. The molecule has 9 heteroatoms. The largest absolute Gasteiger partial charge is 0.497 e. The van der Waals surface area contributed by atoms with Gasteiger partial charge in [-0.05, 0) is 43.3 Å². The maximum atomic E-state index is 12.3. The standard InChI is InChI=1S/C23H26N6O3/c1-16-24-21(15-22(25-16)29-10-12-32-13-11-29)26-17-6-8-18(9-7-17)27-23(30)28-19-4-3-5-20(14-19)31-2/h3-9,14-15H,10-13H2,1-2H3,(H,24,25,26)(H2,27,28,30). The van der Waals surface area contributed by atoms with Crippen LogP contribution in [-0.2, 0) is 4.74 Å². The lowest BCUT2D eigenvalue weighted by atomic mass is 10.2. The SMILES string of the molecule is COc1cccc(NC(=O)Nc2ccc(Nc3cc(N4CCOCC4)nc(C)n3)cc2)c1. The number of anilines is 5.